The molecule has 8 rings (SSSR count). The van der Waals surface area contributed by atoms with Crippen LogP contribution in [0.15, 0.2) is 119 Å². The number of para-hydroxylation sites is 1. The van der Waals surface area contributed by atoms with Gasteiger partial charge in [-0.2, -0.15) is 0 Å². The van der Waals surface area contributed by atoms with Crippen LogP contribution >= 0.6 is 0 Å². The molecule has 0 N–H and O–H groups in total. The van der Waals surface area contributed by atoms with Crippen molar-refractivity contribution in [2.24, 2.45) is 0 Å². The highest BCUT2D eigenvalue weighted by Crippen LogP contribution is 2.53. The first-order valence-electron chi connectivity index (χ1n) is 13.7. The molecular weight excluding hydrogens is 490 g/mol. The second-order valence-electron chi connectivity index (χ2n) is 11.4. The molecule has 0 aliphatic heterocycles. The van der Waals surface area contributed by atoms with Gasteiger partial charge in [-0.15, -0.1) is 0 Å². The minimum Gasteiger partial charge on any atom is -0.464 e. The molecule has 0 saturated carbocycles. The lowest BCUT2D eigenvalue weighted by Crippen LogP contribution is -2.14. The minimum absolute atomic E-state index is 0.0262. The molecule has 40 heavy (non-hydrogen) atoms. The van der Waals surface area contributed by atoms with Crippen molar-refractivity contribution in [1.82, 2.24) is 4.57 Å². The number of fused-ring (bicyclic) bond motifs is 8. The Bertz CT molecular complexity index is 2210. The molecule has 192 valence electrons. The number of benzene rings is 5. The molecule has 2 heterocycles. The average molecular weight is 518 g/mol. The highest BCUT2D eigenvalue weighted by atomic mass is 16.3. The molecular formula is C37H27NO2. The van der Waals surface area contributed by atoms with Gasteiger partial charge < -0.3 is 8.98 Å². The van der Waals surface area contributed by atoms with Crippen LogP contribution in [0.25, 0.3) is 60.7 Å². The van der Waals surface area contributed by atoms with Crippen molar-refractivity contribution in [1.29, 1.82) is 0 Å². The molecule has 0 amide bonds. The van der Waals surface area contributed by atoms with Gasteiger partial charge >= 0.3 is 0 Å². The van der Waals surface area contributed by atoms with E-state index in [1.165, 1.54) is 56.4 Å². The van der Waals surface area contributed by atoms with Gasteiger partial charge in [-0.1, -0.05) is 74.5 Å². The summed E-state index contributed by atoms with van der Waals surface area (Å²) in [7, 11) is 0. The summed E-state index contributed by atoms with van der Waals surface area (Å²) in [5.74, 6) is 0. The molecule has 0 radical (unpaired) electrons. The van der Waals surface area contributed by atoms with E-state index in [1.54, 1.807) is 0 Å². The SMILES string of the molecule is Cc1cc2occc(=O)c2cc1-c1ccc(-n2c3ccccc3c3c4c(ccc32)C(C)(C)c2ccccc2-4)cc1. The maximum atomic E-state index is 12.5. The number of hydrogen-bond acceptors (Lipinski definition) is 2. The van der Waals surface area contributed by atoms with E-state index in [0.29, 0.717) is 11.0 Å². The number of aromatic nitrogens is 1. The normalized spacial score (nSPS) is 13.7. The monoisotopic (exact) mass is 517 g/mol. The molecule has 2 aromatic heterocycles. The van der Waals surface area contributed by atoms with Crippen molar-refractivity contribution in [3.63, 3.8) is 0 Å². The summed E-state index contributed by atoms with van der Waals surface area (Å²) < 4.78 is 7.96. The Morgan fingerprint density at radius 2 is 1.48 bits per heavy atom. The van der Waals surface area contributed by atoms with Gasteiger partial charge in [-0.05, 0) is 82.3 Å². The third kappa shape index (κ3) is 3.03. The predicted molar refractivity (Wildman–Crippen MR) is 165 cm³/mol. The van der Waals surface area contributed by atoms with Crippen LogP contribution in [-0.2, 0) is 5.41 Å². The Labute approximate surface area is 231 Å². The van der Waals surface area contributed by atoms with E-state index in [-0.39, 0.29) is 10.8 Å². The van der Waals surface area contributed by atoms with Crippen molar-refractivity contribution < 1.29 is 4.42 Å². The maximum Gasteiger partial charge on any atom is 0.192 e. The second kappa shape index (κ2) is 8.06. The van der Waals surface area contributed by atoms with E-state index in [9.17, 15) is 4.79 Å². The lowest BCUT2D eigenvalue weighted by molar-refractivity contribution is 0.602. The van der Waals surface area contributed by atoms with Crippen molar-refractivity contribution >= 4 is 32.8 Å². The zero-order chi connectivity index (χ0) is 27.2. The molecule has 0 unspecified atom stereocenters. The summed E-state index contributed by atoms with van der Waals surface area (Å²) >= 11 is 0. The van der Waals surface area contributed by atoms with Gasteiger partial charge in [0.1, 0.15) is 5.58 Å². The molecule has 0 saturated heterocycles. The molecule has 1 aliphatic carbocycles. The lowest BCUT2D eigenvalue weighted by Gasteiger charge is -2.21. The fourth-order valence-corrected chi connectivity index (χ4v) is 6.86. The van der Waals surface area contributed by atoms with Gasteiger partial charge in [0.25, 0.3) is 0 Å². The largest absolute Gasteiger partial charge is 0.464 e. The van der Waals surface area contributed by atoms with Crippen LogP contribution in [-0.4, -0.2) is 4.57 Å². The minimum atomic E-state index is -0.0417. The molecule has 0 spiro atoms. The van der Waals surface area contributed by atoms with Crippen LogP contribution in [0.1, 0.15) is 30.5 Å². The Hall–Kier alpha value is -4.89. The molecule has 5 aromatic carbocycles. The summed E-state index contributed by atoms with van der Waals surface area (Å²) in [5.41, 5.74) is 12.7. The first-order valence-corrected chi connectivity index (χ1v) is 13.7. The molecule has 1 aliphatic rings. The standard InChI is InChI=1S/C37H27NO2/c1-22-20-34-28(33(39)18-19-40-34)21-27(22)23-12-14-24(15-13-23)38-31-11-7-5-9-26(31)36-32(38)17-16-30-35(36)25-8-4-6-10-29(25)37(30,2)3/h4-21H,1-3H3. The molecule has 7 aromatic rings. The van der Waals surface area contributed by atoms with Gasteiger partial charge in [-0.3, -0.25) is 4.79 Å². The van der Waals surface area contributed by atoms with Gasteiger partial charge in [0, 0.05) is 27.9 Å². The van der Waals surface area contributed by atoms with E-state index in [4.69, 9.17) is 4.42 Å². The summed E-state index contributed by atoms with van der Waals surface area (Å²) in [5, 5.41) is 3.18. The zero-order valence-corrected chi connectivity index (χ0v) is 22.7. The van der Waals surface area contributed by atoms with Crippen LogP contribution in [0, 0.1) is 6.92 Å². The van der Waals surface area contributed by atoms with E-state index in [0.717, 1.165) is 22.4 Å². The summed E-state index contributed by atoms with van der Waals surface area (Å²) in [6, 6.07) is 36.3. The van der Waals surface area contributed by atoms with Gasteiger partial charge in [0.2, 0.25) is 0 Å². The quantitative estimate of drug-likeness (QED) is 0.229. The van der Waals surface area contributed by atoms with Crippen LogP contribution in [0.3, 0.4) is 0 Å². The third-order valence-electron chi connectivity index (χ3n) is 8.82. The molecule has 0 bridgehead atoms. The fourth-order valence-electron chi connectivity index (χ4n) is 6.86. The van der Waals surface area contributed by atoms with Gasteiger partial charge in [-0.25, -0.2) is 0 Å². The summed E-state index contributed by atoms with van der Waals surface area (Å²) in [4.78, 5) is 12.5. The molecule has 0 atom stereocenters. The van der Waals surface area contributed by atoms with Crippen LogP contribution < -0.4 is 5.43 Å². The van der Waals surface area contributed by atoms with Crippen molar-refractivity contribution in [3.8, 4) is 27.9 Å². The maximum absolute atomic E-state index is 12.5. The molecule has 0 fully saturated rings. The average Bonchev–Trinajstić information content (AvgIpc) is 3.42. The van der Waals surface area contributed by atoms with Crippen molar-refractivity contribution in [2.75, 3.05) is 0 Å². The third-order valence-corrected chi connectivity index (χ3v) is 8.82. The smallest absolute Gasteiger partial charge is 0.192 e. The zero-order valence-electron chi connectivity index (χ0n) is 22.7. The molecule has 3 nitrogen and oxygen atoms in total. The number of hydrogen-bond donors (Lipinski definition) is 0. The number of aryl methyl sites for hydroxylation is 1. The fraction of sp³-hybridized carbons (Fsp3) is 0.108. The highest BCUT2D eigenvalue weighted by molar-refractivity contribution is 6.17. The van der Waals surface area contributed by atoms with Crippen molar-refractivity contribution in [2.45, 2.75) is 26.2 Å². The van der Waals surface area contributed by atoms with Crippen LogP contribution in [0.2, 0.25) is 0 Å². The summed E-state index contributed by atoms with van der Waals surface area (Å²) in [6.45, 7) is 6.72. The van der Waals surface area contributed by atoms with Crippen LogP contribution in [0.4, 0.5) is 0 Å². The second-order valence-corrected chi connectivity index (χ2v) is 11.4. The lowest BCUT2D eigenvalue weighted by atomic mass is 9.82. The Morgan fingerprint density at radius 3 is 2.33 bits per heavy atom. The number of nitrogens with zero attached hydrogens (tertiary/aromatic N) is 1. The Morgan fingerprint density at radius 1 is 0.700 bits per heavy atom. The first-order chi connectivity index (χ1) is 19.4. The predicted octanol–water partition coefficient (Wildman–Crippen LogP) is 9.17. The Kier molecular flexibility index (Phi) is 4.64. The van der Waals surface area contributed by atoms with Crippen molar-refractivity contribution in [3.05, 3.63) is 136 Å². The van der Waals surface area contributed by atoms with E-state index < -0.39 is 0 Å². The van der Waals surface area contributed by atoms with Gasteiger partial charge in [0.05, 0.1) is 22.7 Å². The van der Waals surface area contributed by atoms with E-state index >= 15 is 0 Å². The highest BCUT2D eigenvalue weighted by Gasteiger charge is 2.37. The Balaban J connectivity index is 1.35. The first kappa shape index (κ1) is 23.0. The topological polar surface area (TPSA) is 35.1 Å². The van der Waals surface area contributed by atoms with E-state index in [1.807, 2.05) is 12.1 Å². The number of rotatable bonds is 2. The van der Waals surface area contributed by atoms with Crippen LogP contribution in [0.5, 0.6) is 0 Å². The van der Waals surface area contributed by atoms with E-state index in [2.05, 4.69) is 110 Å². The van der Waals surface area contributed by atoms with Gasteiger partial charge in [0.15, 0.2) is 5.43 Å². The molecule has 3 heteroatoms. The summed E-state index contributed by atoms with van der Waals surface area (Å²) in [6.07, 6.45) is 1.46.